The van der Waals surface area contributed by atoms with E-state index < -0.39 is 12.1 Å². The van der Waals surface area contributed by atoms with Crippen LogP contribution in [-0.2, 0) is 9.53 Å². The van der Waals surface area contributed by atoms with E-state index in [0.29, 0.717) is 16.3 Å². The molecule has 0 spiro atoms. The molecule has 0 amide bonds. The summed E-state index contributed by atoms with van der Waals surface area (Å²) in [6.45, 7) is 1.60. The Labute approximate surface area is 161 Å². The van der Waals surface area contributed by atoms with E-state index in [2.05, 4.69) is 9.72 Å². The Morgan fingerprint density at radius 3 is 2.59 bits per heavy atom. The standard InChI is InChI=1S/C21H18ClNO4/c1-13(21(25)26-2)27-17-7-3-14(4-8-17)20(24)10-5-15-12-23-19-9-6-16(22)11-18(15)19/h3-13,23H,1-2H3/b10-5+. The van der Waals surface area contributed by atoms with E-state index in [-0.39, 0.29) is 5.78 Å². The largest absolute Gasteiger partial charge is 0.479 e. The second-order valence-electron chi connectivity index (χ2n) is 5.94. The number of hydrogen-bond acceptors (Lipinski definition) is 4. The molecule has 5 nitrogen and oxygen atoms in total. The number of H-pyrrole nitrogens is 1. The molecule has 3 rings (SSSR count). The number of halogens is 1. The first-order valence-electron chi connectivity index (χ1n) is 8.31. The zero-order valence-corrected chi connectivity index (χ0v) is 15.6. The number of methoxy groups -OCH3 is 1. The molecular weight excluding hydrogens is 366 g/mol. The fourth-order valence-corrected chi connectivity index (χ4v) is 2.80. The summed E-state index contributed by atoms with van der Waals surface area (Å²) in [6, 6.07) is 12.1. The second kappa shape index (κ2) is 8.10. The summed E-state index contributed by atoms with van der Waals surface area (Å²) in [6.07, 6.45) is 4.37. The van der Waals surface area contributed by atoms with E-state index >= 15 is 0 Å². The maximum atomic E-state index is 12.4. The molecule has 0 aliphatic heterocycles. The van der Waals surface area contributed by atoms with Gasteiger partial charge in [0, 0.05) is 27.7 Å². The lowest BCUT2D eigenvalue weighted by atomic mass is 10.1. The molecule has 1 heterocycles. The van der Waals surface area contributed by atoms with Crippen molar-refractivity contribution >= 4 is 40.3 Å². The Morgan fingerprint density at radius 2 is 1.89 bits per heavy atom. The molecule has 3 aromatic rings. The van der Waals surface area contributed by atoms with Gasteiger partial charge in [0.25, 0.3) is 0 Å². The van der Waals surface area contributed by atoms with Gasteiger partial charge < -0.3 is 14.5 Å². The van der Waals surface area contributed by atoms with Gasteiger partial charge in [-0.1, -0.05) is 11.6 Å². The molecule has 1 atom stereocenters. The van der Waals surface area contributed by atoms with Crippen molar-refractivity contribution in [3.05, 3.63) is 70.9 Å². The number of esters is 1. The van der Waals surface area contributed by atoms with E-state index in [9.17, 15) is 9.59 Å². The van der Waals surface area contributed by atoms with Gasteiger partial charge in [-0.3, -0.25) is 4.79 Å². The lowest BCUT2D eigenvalue weighted by molar-refractivity contribution is -0.147. The van der Waals surface area contributed by atoms with Gasteiger partial charge in [-0.25, -0.2) is 4.79 Å². The normalized spacial score (nSPS) is 12.3. The van der Waals surface area contributed by atoms with Gasteiger partial charge in [0.15, 0.2) is 11.9 Å². The fourth-order valence-electron chi connectivity index (χ4n) is 2.63. The molecule has 1 aromatic heterocycles. The van der Waals surface area contributed by atoms with Crippen molar-refractivity contribution in [3.8, 4) is 5.75 Å². The number of nitrogens with one attached hydrogen (secondary N) is 1. The highest BCUT2D eigenvalue weighted by Gasteiger charge is 2.14. The van der Waals surface area contributed by atoms with E-state index in [0.717, 1.165) is 16.5 Å². The van der Waals surface area contributed by atoms with Crippen LogP contribution in [0.3, 0.4) is 0 Å². The number of allylic oxidation sites excluding steroid dienone is 1. The number of carbonyl (C=O) groups excluding carboxylic acids is 2. The minimum absolute atomic E-state index is 0.140. The van der Waals surface area contributed by atoms with Crippen molar-refractivity contribution in [3.63, 3.8) is 0 Å². The molecule has 138 valence electrons. The van der Waals surface area contributed by atoms with E-state index in [1.807, 2.05) is 24.4 Å². The summed E-state index contributed by atoms with van der Waals surface area (Å²) < 4.78 is 10.1. The summed E-state index contributed by atoms with van der Waals surface area (Å²) in [5.74, 6) is -0.115. The predicted molar refractivity (Wildman–Crippen MR) is 105 cm³/mol. The summed E-state index contributed by atoms with van der Waals surface area (Å²) in [4.78, 5) is 26.9. The Bertz CT molecular complexity index is 1000. The highest BCUT2D eigenvalue weighted by Crippen LogP contribution is 2.23. The number of ketones is 1. The number of fused-ring (bicyclic) bond motifs is 1. The van der Waals surface area contributed by atoms with Gasteiger partial charge >= 0.3 is 5.97 Å². The molecular formula is C21H18ClNO4. The Morgan fingerprint density at radius 1 is 1.15 bits per heavy atom. The molecule has 0 bridgehead atoms. The van der Waals surface area contributed by atoms with Crippen molar-refractivity contribution in [2.75, 3.05) is 7.11 Å². The van der Waals surface area contributed by atoms with Crippen LogP contribution in [0.15, 0.2) is 54.7 Å². The molecule has 0 saturated carbocycles. The van der Waals surface area contributed by atoms with Gasteiger partial charge in [-0.05, 0) is 67.1 Å². The third-order valence-corrected chi connectivity index (χ3v) is 4.31. The van der Waals surface area contributed by atoms with Crippen molar-refractivity contribution < 1.29 is 19.1 Å². The van der Waals surface area contributed by atoms with Crippen LogP contribution in [0.5, 0.6) is 5.75 Å². The summed E-state index contributed by atoms with van der Waals surface area (Å²) in [5.41, 5.74) is 2.35. The SMILES string of the molecule is COC(=O)C(C)Oc1ccc(C(=O)/C=C/c2c[nH]c3ccc(Cl)cc23)cc1. The number of carbonyl (C=O) groups is 2. The van der Waals surface area contributed by atoms with Crippen molar-refractivity contribution in [1.29, 1.82) is 0 Å². The number of aromatic nitrogens is 1. The first-order valence-corrected chi connectivity index (χ1v) is 8.69. The molecule has 6 heteroatoms. The second-order valence-corrected chi connectivity index (χ2v) is 6.38. The lowest BCUT2D eigenvalue weighted by Gasteiger charge is -2.12. The molecule has 1 unspecified atom stereocenters. The van der Waals surface area contributed by atoms with Crippen LogP contribution < -0.4 is 4.74 Å². The average molecular weight is 384 g/mol. The summed E-state index contributed by atoms with van der Waals surface area (Å²) in [5, 5.41) is 1.59. The number of hydrogen-bond donors (Lipinski definition) is 1. The monoisotopic (exact) mass is 383 g/mol. The minimum atomic E-state index is -0.717. The highest BCUT2D eigenvalue weighted by molar-refractivity contribution is 6.31. The van der Waals surface area contributed by atoms with Crippen LogP contribution >= 0.6 is 11.6 Å². The van der Waals surface area contributed by atoms with E-state index in [4.69, 9.17) is 16.3 Å². The van der Waals surface area contributed by atoms with Crippen LogP contribution in [0.25, 0.3) is 17.0 Å². The van der Waals surface area contributed by atoms with Crippen LogP contribution in [0.4, 0.5) is 0 Å². The number of ether oxygens (including phenoxy) is 2. The quantitative estimate of drug-likeness (QED) is 0.382. The van der Waals surface area contributed by atoms with Crippen LogP contribution in [0.1, 0.15) is 22.8 Å². The van der Waals surface area contributed by atoms with Crippen molar-refractivity contribution in [1.82, 2.24) is 4.98 Å². The zero-order chi connectivity index (χ0) is 19.4. The molecule has 0 aliphatic rings. The van der Waals surface area contributed by atoms with E-state index in [1.54, 1.807) is 37.3 Å². The van der Waals surface area contributed by atoms with E-state index in [1.165, 1.54) is 13.2 Å². The third-order valence-electron chi connectivity index (χ3n) is 4.07. The third kappa shape index (κ3) is 4.38. The average Bonchev–Trinajstić information content (AvgIpc) is 3.08. The minimum Gasteiger partial charge on any atom is -0.479 e. The van der Waals surface area contributed by atoms with Crippen LogP contribution in [0.2, 0.25) is 5.02 Å². The van der Waals surface area contributed by atoms with Gasteiger partial charge in [0.2, 0.25) is 0 Å². The number of aromatic amines is 1. The Hall–Kier alpha value is -3.05. The topological polar surface area (TPSA) is 68.4 Å². The number of benzene rings is 2. The molecule has 27 heavy (non-hydrogen) atoms. The fraction of sp³-hybridized carbons (Fsp3) is 0.143. The first kappa shape index (κ1) is 18.7. The molecule has 0 fully saturated rings. The maximum Gasteiger partial charge on any atom is 0.346 e. The molecule has 2 aromatic carbocycles. The maximum absolute atomic E-state index is 12.4. The predicted octanol–water partition coefficient (Wildman–Crippen LogP) is 4.66. The highest BCUT2D eigenvalue weighted by atomic mass is 35.5. The van der Waals surface area contributed by atoms with Gasteiger partial charge in [0.05, 0.1) is 7.11 Å². The smallest absolute Gasteiger partial charge is 0.346 e. The van der Waals surface area contributed by atoms with Crippen molar-refractivity contribution in [2.45, 2.75) is 13.0 Å². The number of rotatable bonds is 6. The molecule has 1 N–H and O–H groups in total. The summed E-state index contributed by atoms with van der Waals surface area (Å²) >= 11 is 6.04. The Balaban J connectivity index is 1.71. The van der Waals surface area contributed by atoms with Crippen LogP contribution in [-0.4, -0.2) is 30.0 Å². The molecule has 0 aliphatic carbocycles. The van der Waals surface area contributed by atoms with Crippen molar-refractivity contribution in [2.24, 2.45) is 0 Å². The van der Waals surface area contributed by atoms with Gasteiger partial charge in [0.1, 0.15) is 5.75 Å². The molecule has 0 radical (unpaired) electrons. The zero-order valence-electron chi connectivity index (χ0n) is 14.9. The molecule has 0 saturated heterocycles. The lowest BCUT2D eigenvalue weighted by Crippen LogP contribution is -2.24. The van der Waals surface area contributed by atoms with Gasteiger partial charge in [-0.2, -0.15) is 0 Å². The first-order chi connectivity index (χ1) is 13.0. The van der Waals surface area contributed by atoms with Crippen LogP contribution in [0, 0.1) is 0 Å². The van der Waals surface area contributed by atoms with Gasteiger partial charge in [-0.15, -0.1) is 0 Å². The Kier molecular flexibility index (Phi) is 5.62. The summed E-state index contributed by atoms with van der Waals surface area (Å²) in [7, 11) is 1.30.